The summed E-state index contributed by atoms with van der Waals surface area (Å²) in [6.45, 7) is 1.97. The number of fused-ring (bicyclic) bond motifs is 1. The second kappa shape index (κ2) is 7.09. The van der Waals surface area contributed by atoms with E-state index in [9.17, 15) is 4.79 Å². The zero-order valence-electron chi connectivity index (χ0n) is 14.2. The second-order valence-electron chi connectivity index (χ2n) is 6.08. The smallest absolute Gasteiger partial charge is 0.264 e. The van der Waals surface area contributed by atoms with E-state index in [0.717, 1.165) is 5.56 Å². The van der Waals surface area contributed by atoms with Crippen molar-refractivity contribution < 1.29 is 9.53 Å². The molecule has 7 nitrogen and oxygen atoms in total. The van der Waals surface area contributed by atoms with E-state index in [0.29, 0.717) is 33.2 Å². The minimum absolute atomic E-state index is 0.0393. The summed E-state index contributed by atoms with van der Waals surface area (Å²) in [5, 5.41) is 12.9. The van der Waals surface area contributed by atoms with Crippen LogP contribution in [0.3, 0.4) is 0 Å². The molecule has 2 aliphatic heterocycles. The standard InChI is InChI=1S/C18H15Cl2N5O2/c1-10-21-9-17-25(10)24-18(27-17)15-5-3-12(8-22-15)23-16(26)7-11-2-4-13(19)14(20)6-11/h2-6,8-10,21H,7H2,1H3,(H,23,26). The summed E-state index contributed by atoms with van der Waals surface area (Å²) in [5.41, 5.74) is 1.94. The summed E-state index contributed by atoms with van der Waals surface area (Å²) < 4.78 is 5.66. The number of rotatable bonds is 4. The first-order valence-electron chi connectivity index (χ1n) is 8.22. The predicted molar refractivity (Wildman–Crippen MR) is 103 cm³/mol. The first-order chi connectivity index (χ1) is 13.0. The molecule has 2 aliphatic rings. The Bertz CT molecular complexity index is 959. The maximum absolute atomic E-state index is 12.2. The molecule has 0 spiro atoms. The highest BCUT2D eigenvalue weighted by Crippen LogP contribution is 2.25. The maximum Gasteiger partial charge on any atom is 0.264 e. The number of anilines is 1. The van der Waals surface area contributed by atoms with Gasteiger partial charge in [0, 0.05) is 0 Å². The van der Waals surface area contributed by atoms with E-state index in [-0.39, 0.29) is 18.5 Å². The van der Waals surface area contributed by atoms with E-state index in [2.05, 4.69) is 20.7 Å². The van der Waals surface area contributed by atoms with Crippen molar-refractivity contribution in [3.8, 4) is 0 Å². The van der Waals surface area contributed by atoms with Crippen molar-refractivity contribution in [3.05, 3.63) is 69.9 Å². The van der Waals surface area contributed by atoms with Crippen LogP contribution < -0.4 is 10.6 Å². The molecule has 1 aromatic heterocycles. The average molecular weight is 404 g/mol. The van der Waals surface area contributed by atoms with Crippen molar-refractivity contribution in [3.63, 3.8) is 0 Å². The molecule has 0 saturated carbocycles. The Balaban J connectivity index is 1.39. The topological polar surface area (TPSA) is 78.8 Å². The molecule has 9 heteroatoms. The highest BCUT2D eigenvalue weighted by molar-refractivity contribution is 6.42. The number of benzene rings is 1. The largest absolute Gasteiger partial charge is 0.416 e. The molecule has 0 aliphatic carbocycles. The Morgan fingerprint density at radius 3 is 2.85 bits per heavy atom. The zero-order chi connectivity index (χ0) is 19.0. The van der Waals surface area contributed by atoms with Crippen LogP contribution in [0.25, 0.3) is 0 Å². The molecule has 4 rings (SSSR count). The van der Waals surface area contributed by atoms with Crippen LogP contribution >= 0.6 is 23.2 Å². The van der Waals surface area contributed by atoms with Crippen LogP contribution in [0.1, 0.15) is 18.2 Å². The fourth-order valence-electron chi connectivity index (χ4n) is 2.69. The van der Waals surface area contributed by atoms with Gasteiger partial charge in [0.2, 0.25) is 11.8 Å². The van der Waals surface area contributed by atoms with E-state index in [1.165, 1.54) is 0 Å². The van der Waals surface area contributed by atoms with Gasteiger partial charge in [0.25, 0.3) is 5.90 Å². The zero-order valence-corrected chi connectivity index (χ0v) is 15.8. The lowest BCUT2D eigenvalue weighted by molar-refractivity contribution is -0.115. The van der Waals surface area contributed by atoms with Gasteiger partial charge >= 0.3 is 0 Å². The van der Waals surface area contributed by atoms with Gasteiger partial charge in [0.15, 0.2) is 0 Å². The Kier molecular flexibility index (Phi) is 4.63. The molecule has 1 aromatic carbocycles. The van der Waals surface area contributed by atoms with E-state index in [1.807, 2.05) is 6.92 Å². The molecule has 0 saturated heterocycles. The third-order valence-electron chi connectivity index (χ3n) is 4.06. The molecule has 27 heavy (non-hydrogen) atoms. The Morgan fingerprint density at radius 1 is 1.30 bits per heavy atom. The summed E-state index contributed by atoms with van der Waals surface area (Å²) in [7, 11) is 0. The van der Waals surface area contributed by atoms with E-state index in [4.69, 9.17) is 27.9 Å². The van der Waals surface area contributed by atoms with E-state index >= 15 is 0 Å². The lowest BCUT2D eigenvalue weighted by Crippen LogP contribution is -2.28. The summed E-state index contributed by atoms with van der Waals surface area (Å²) in [4.78, 5) is 16.5. The van der Waals surface area contributed by atoms with Gasteiger partial charge in [0.05, 0.1) is 34.6 Å². The van der Waals surface area contributed by atoms with Crippen LogP contribution in [-0.4, -0.2) is 28.0 Å². The van der Waals surface area contributed by atoms with Crippen molar-refractivity contribution in [1.82, 2.24) is 15.3 Å². The number of amides is 1. The number of hydrogen-bond acceptors (Lipinski definition) is 6. The molecule has 3 heterocycles. The monoisotopic (exact) mass is 403 g/mol. The molecular weight excluding hydrogens is 389 g/mol. The van der Waals surface area contributed by atoms with Crippen LogP contribution in [0, 0.1) is 0 Å². The fraction of sp³-hybridized carbons (Fsp3) is 0.167. The number of nitrogens with zero attached hydrogens (tertiary/aromatic N) is 3. The number of hydrogen-bond donors (Lipinski definition) is 2. The third-order valence-corrected chi connectivity index (χ3v) is 4.79. The minimum Gasteiger partial charge on any atom is -0.416 e. The number of halogens is 2. The van der Waals surface area contributed by atoms with Crippen LogP contribution in [-0.2, 0) is 16.0 Å². The summed E-state index contributed by atoms with van der Waals surface area (Å²) >= 11 is 11.9. The van der Waals surface area contributed by atoms with Gasteiger partial charge in [-0.2, -0.15) is 0 Å². The van der Waals surface area contributed by atoms with Crippen molar-refractivity contribution >= 4 is 40.7 Å². The van der Waals surface area contributed by atoms with Gasteiger partial charge in [-0.25, -0.2) is 9.99 Å². The lowest BCUT2D eigenvalue weighted by Gasteiger charge is -2.12. The van der Waals surface area contributed by atoms with Crippen LogP contribution in [0.4, 0.5) is 5.69 Å². The van der Waals surface area contributed by atoms with Gasteiger partial charge in [-0.05, 0) is 36.8 Å². The average Bonchev–Trinajstić information content (AvgIpc) is 3.21. The SMILES string of the molecule is CC1NC=C2OC(c3ccc(NC(=O)Cc4ccc(Cl)c(Cl)c4)cn3)=NN21. The van der Waals surface area contributed by atoms with Gasteiger partial charge in [-0.15, -0.1) is 5.10 Å². The number of hydrazone groups is 1. The third kappa shape index (κ3) is 3.70. The van der Waals surface area contributed by atoms with Crippen molar-refractivity contribution in [2.75, 3.05) is 5.32 Å². The quantitative estimate of drug-likeness (QED) is 0.818. The number of carbonyl (C=O) groups is 1. The number of aromatic nitrogens is 1. The van der Waals surface area contributed by atoms with Crippen LogP contribution in [0.2, 0.25) is 10.0 Å². The van der Waals surface area contributed by atoms with E-state index < -0.39 is 0 Å². The molecule has 1 unspecified atom stereocenters. The minimum atomic E-state index is -0.178. The molecule has 138 valence electrons. The molecule has 0 bridgehead atoms. The summed E-state index contributed by atoms with van der Waals surface area (Å²) in [5.74, 6) is 0.879. The fourth-order valence-corrected chi connectivity index (χ4v) is 3.01. The van der Waals surface area contributed by atoms with Crippen LogP contribution in [0.5, 0.6) is 0 Å². The predicted octanol–water partition coefficient (Wildman–Crippen LogP) is 3.31. The molecule has 2 N–H and O–H groups in total. The number of pyridine rings is 1. The van der Waals surface area contributed by atoms with Crippen molar-refractivity contribution in [1.29, 1.82) is 0 Å². The Morgan fingerprint density at radius 2 is 2.15 bits per heavy atom. The number of nitrogens with one attached hydrogen (secondary N) is 2. The first-order valence-corrected chi connectivity index (χ1v) is 8.97. The molecule has 1 amide bonds. The second-order valence-corrected chi connectivity index (χ2v) is 6.90. The van der Waals surface area contributed by atoms with Crippen molar-refractivity contribution in [2.45, 2.75) is 19.5 Å². The highest BCUT2D eigenvalue weighted by Gasteiger charge is 2.31. The van der Waals surface area contributed by atoms with E-state index in [1.54, 1.807) is 47.7 Å². The highest BCUT2D eigenvalue weighted by atomic mass is 35.5. The summed E-state index contributed by atoms with van der Waals surface area (Å²) in [6.07, 6.45) is 3.55. The Labute approximate surface area is 165 Å². The normalized spacial score (nSPS) is 17.6. The Hall–Kier alpha value is -2.77. The molecule has 0 radical (unpaired) electrons. The van der Waals surface area contributed by atoms with Gasteiger partial charge in [-0.3, -0.25) is 4.79 Å². The molecule has 0 fully saturated rings. The number of ether oxygens (including phenoxy) is 1. The molecule has 1 atom stereocenters. The first kappa shape index (κ1) is 17.6. The van der Waals surface area contributed by atoms with Gasteiger partial charge < -0.3 is 15.4 Å². The molecule has 2 aromatic rings. The number of carbonyl (C=O) groups excluding carboxylic acids is 1. The molecular formula is C18H15Cl2N5O2. The lowest BCUT2D eigenvalue weighted by atomic mass is 10.1. The van der Waals surface area contributed by atoms with Crippen LogP contribution in [0.15, 0.2) is 53.7 Å². The summed E-state index contributed by atoms with van der Waals surface area (Å²) in [6, 6.07) is 8.61. The van der Waals surface area contributed by atoms with Crippen molar-refractivity contribution in [2.24, 2.45) is 5.10 Å². The van der Waals surface area contributed by atoms with Gasteiger partial charge in [-0.1, -0.05) is 29.3 Å². The maximum atomic E-state index is 12.2. The van der Waals surface area contributed by atoms with Gasteiger partial charge in [0.1, 0.15) is 11.9 Å².